The summed E-state index contributed by atoms with van der Waals surface area (Å²) in [5.74, 6) is 1.41. The van der Waals surface area contributed by atoms with Crippen LogP contribution in [0.4, 0.5) is 0 Å². The Labute approximate surface area is 178 Å². The van der Waals surface area contributed by atoms with Gasteiger partial charge >= 0.3 is 0 Å². The number of imidazole rings is 1. The Hall–Kier alpha value is -2.37. The normalized spacial score (nSPS) is 23.5. The van der Waals surface area contributed by atoms with Crippen LogP contribution in [0.25, 0.3) is 11.0 Å². The van der Waals surface area contributed by atoms with Crippen LogP contribution in [0.3, 0.4) is 0 Å². The van der Waals surface area contributed by atoms with Gasteiger partial charge in [-0.05, 0) is 44.2 Å². The number of piperidine rings is 1. The van der Waals surface area contributed by atoms with Gasteiger partial charge in [0.2, 0.25) is 11.8 Å². The fourth-order valence-corrected chi connectivity index (χ4v) is 5.60. The van der Waals surface area contributed by atoms with Crippen molar-refractivity contribution in [2.75, 3.05) is 19.6 Å². The van der Waals surface area contributed by atoms with Crippen molar-refractivity contribution in [2.45, 2.75) is 76.3 Å². The molecule has 0 N–H and O–H groups in total. The van der Waals surface area contributed by atoms with Gasteiger partial charge in [-0.25, -0.2) is 4.98 Å². The molecule has 1 aromatic carbocycles. The molecule has 0 radical (unpaired) electrons. The SMILES string of the molecule is O=C(Cn1c([C@@H]2CC(=O)N(C3CCCCC3)C2)nc2ccccc21)N1CCCCC1. The molecular weight excluding hydrogens is 376 g/mol. The zero-order valence-corrected chi connectivity index (χ0v) is 17.8. The van der Waals surface area contributed by atoms with Gasteiger partial charge in [0.25, 0.3) is 0 Å². The standard InChI is InChI=1S/C24H32N4O2/c29-22-15-18(16-27(22)19-9-3-1-4-10-19)24-25-20-11-5-6-12-21(20)28(24)17-23(30)26-13-7-2-8-14-26/h5-6,11-12,18-19H,1-4,7-10,13-17H2/t18-/m1/s1. The number of aromatic nitrogens is 2. The van der Waals surface area contributed by atoms with Gasteiger partial charge in [0.05, 0.1) is 11.0 Å². The molecule has 2 aromatic rings. The minimum absolute atomic E-state index is 0.0704. The Balaban J connectivity index is 1.42. The van der Waals surface area contributed by atoms with E-state index in [0.29, 0.717) is 19.0 Å². The third-order valence-electron chi connectivity index (χ3n) is 7.23. The fraction of sp³-hybridized carbons (Fsp3) is 0.625. The van der Waals surface area contributed by atoms with Gasteiger partial charge in [0.1, 0.15) is 12.4 Å². The Morgan fingerprint density at radius 2 is 1.73 bits per heavy atom. The smallest absolute Gasteiger partial charge is 0.242 e. The zero-order chi connectivity index (χ0) is 20.5. The second kappa shape index (κ2) is 8.40. The molecule has 6 nitrogen and oxygen atoms in total. The van der Waals surface area contributed by atoms with E-state index in [0.717, 1.165) is 62.2 Å². The first-order chi connectivity index (χ1) is 14.7. The highest BCUT2D eigenvalue weighted by Gasteiger charge is 2.38. The lowest BCUT2D eigenvalue weighted by molar-refractivity contribution is -0.132. The largest absolute Gasteiger partial charge is 0.341 e. The molecule has 2 aliphatic heterocycles. The predicted octanol–water partition coefficient (Wildman–Crippen LogP) is 3.70. The van der Waals surface area contributed by atoms with Crippen molar-refractivity contribution >= 4 is 22.8 Å². The van der Waals surface area contributed by atoms with Crippen LogP contribution in [0.15, 0.2) is 24.3 Å². The van der Waals surface area contributed by atoms with E-state index in [2.05, 4.69) is 9.47 Å². The fourth-order valence-electron chi connectivity index (χ4n) is 5.60. The quantitative estimate of drug-likeness (QED) is 0.775. The van der Waals surface area contributed by atoms with Crippen LogP contribution >= 0.6 is 0 Å². The van der Waals surface area contributed by atoms with Gasteiger partial charge in [-0.2, -0.15) is 0 Å². The molecule has 3 aliphatic rings. The van der Waals surface area contributed by atoms with Gasteiger partial charge in [-0.3, -0.25) is 9.59 Å². The van der Waals surface area contributed by atoms with E-state index in [1.165, 1.54) is 25.7 Å². The van der Waals surface area contributed by atoms with Crippen LogP contribution in [0.5, 0.6) is 0 Å². The van der Waals surface area contributed by atoms with E-state index in [4.69, 9.17) is 4.98 Å². The molecule has 1 aliphatic carbocycles. The van der Waals surface area contributed by atoms with E-state index in [-0.39, 0.29) is 17.7 Å². The van der Waals surface area contributed by atoms with Crippen LogP contribution in [-0.4, -0.2) is 56.8 Å². The molecule has 0 spiro atoms. The van der Waals surface area contributed by atoms with Gasteiger partial charge in [0.15, 0.2) is 0 Å². The minimum Gasteiger partial charge on any atom is -0.341 e. The van der Waals surface area contributed by atoms with Crippen molar-refractivity contribution in [1.82, 2.24) is 19.4 Å². The number of likely N-dealkylation sites (tertiary alicyclic amines) is 2. The molecule has 3 heterocycles. The van der Waals surface area contributed by atoms with Crippen LogP contribution in [-0.2, 0) is 16.1 Å². The first-order valence-electron chi connectivity index (χ1n) is 11.7. The molecule has 2 saturated heterocycles. The maximum Gasteiger partial charge on any atom is 0.242 e. The number of carbonyl (C=O) groups excluding carboxylic acids is 2. The molecule has 160 valence electrons. The highest BCUT2D eigenvalue weighted by atomic mass is 16.2. The van der Waals surface area contributed by atoms with Crippen LogP contribution < -0.4 is 0 Å². The number of hydrogen-bond donors (Lipinski definition) is 0. The van der Waals surface area contributed by atoms with Crippen LogP contribution in [0, 0.1) is 0 Å². The van der Waals surface area contributed by atoms with Crippen molar-refractivity contribution in [1.29, 1.82) is 0 Å². The van der Waals surface area contributed by atoms with Gasteiger partial charge in [-0.15, -0.1) is 0 Å². The maximum absolute atomic E-state index is 13.1. The number of nitrogens with zero attached hydrogens (tertiary/aromatic N) is 4. The molecule has 5 rings (SSSR count). The summed E-state index contributed by atoms with van der Waals surface area (Å²) in [6, 6.07) is 8.44. The first-order valence-corrected chi connectivity index (χ1v) is 11.7. The highest BCUT2D eigenvalue weighted by Crippen LogP contribution is 2.34. The summed E-state index contributed by atoms with van der Waals surface area (Å²) in [5.41, 5.74) is 1.92. The minimum atomic E-state index is 0.0704. The number of rotatable bonds is 4. The number of hydrogen-bond acceptors (Lipinski definition) is 3. The second-order valence-electron chi connectivity index (χ2n) is 9.23. The first kappa shape index (κ1) is 19.6. The summed E-state index contributed by atoms with van der Waals surface area (Å²) >= 11 is 0. The topological polar surface area (TPSA) is 58.4 Å². The lowest BCUT2D eigenvalue weighted by Gasteiger charge is -2.31. The number of amides is 2. The third kappa shape index (κ3) is 3.72. The van der Waals surface area contributed by atoms with Gasteiger partial charge in [-0.1, -0.05) is 31.4 Å². The summed E-state index contributed by atoms with van der Waals surface area (Å²) in [7, 11) is 0. The number of benzene rings is 1. The van der Waals surface area contributed by atoms with E-state index >= 15 is 0 Å². The number of carbonyl (C=O) groups is 2. The van der Waals surface area contributed by atoms with Crippen molar-refractivity contribution in [3.8, 4) is 0 Å². The molecule has 30 heavy (non-hydrogen) atoms. The number of para-hydroxylation sites is 2. The Bertz CT molecular complexity index is 924. The van der Waals surface area contributed by atoms with E-state index in [1.807, 2.05) is 29.2 Å². The summed E-state index contributed by atoms with van der Waals surface area (Å²) in [5, 5.41) is 0. The molecule has 0 unspecified atom stereocenters. The lowest BCUT2D eigenvalue weighted by Crippen LogP contribution is -2.38. The van der Waals surface area contributed by atoms with E-state index in [9.17, 15) is 9.59 Å². The van der Waals surface area contributed by atoms with Crippen LogP contribution in [0.1, 0.15) is 69.5 Å². The predicted molar refractivity (Wildman–Crippen MR) is 116 cm³/mol. The summed E-state index contributed by atoms with van der Waals surface area (Å²) in [4.78, 5) is 34.9. The molecule has 2 amide bonds. The molecule has 3 fully saturated rings. The average molecular weight is 409 g/mol. The summed E-state index contributed by atoms with van der Waals surface area (Å²) in [6.45, 7) is 2.78. The molecule has 1 saturated carbocycles. The zero-order valence-electron chi connectivity index (χ0n) is 17.8. The van der Waals surface area contributed by atoms with Gasteiger partial charge < -0.3 is 14.4 Å². The lowest BCUT2D eigenvalue weighted by atomic mass is 9.94. The average Bonchev–Trinajstić information content (AvgIpc) is 3.35. The Morgan fingerprint density at radius 1 is 1.00 bits per heavy atom. The Kier molecular flexibility index (Phi) is 5.48. The van der Waals surface area contributed by atoms with Crippen LogP contribution in [0.2, 0.25) is 0 Å². The molecule has 0 bridgehead atoms. The summed E-state index contributed by atoms with van der Waals surface area (Å²) in [6.07, 6.45) is 9.90. The van der Waals surface area contributed by atoms with Crippen molar-refractivity contribution in [3.63, 3.8) is 0 Å². The second-order valence-corrected chi connectivity index (χ2v) is 9.23. The molecule has 1 aromatic heterocycles. The van der Waals surface area contributed by atoms with Crippen molar-refractivity contribution < 1.29 is 9.59 Å². The third-order valence-corrected chi connectivity index (χ3v) is 7.23. The number of fused-ring (bicyclic) bond motifs is 1. The maximum atomic E-state index is 13.1. The molecular formula is C24H32N4O2. The highest BCUT2D eigenvalue weighted by molar-refractivity contribution is 5.83. The molecule has 1 atom stereocenters. The van der Waals surface area contributed by atoms with Crippen molar-refractivity contribution in [3.05, 3.63) is 30.1 Å². The van der Waals surface area contributed by atoms with Crippen molar-refractivity contribution in [2.24, 2.45) is 0 Å². The Morgan fingerprint density at radius 3 is 2.53 bits per heavy atom. The van der Waals surface area contributed by atoms with Gasteiger partial charge in [0, 0.05) is 38.0 Å². The monoisotopic (exact) mass is 408 g/mol. The molecule has 6 heteroatoms. The van der Waals surface area contributed by atoms with E-state index in [1.54, 1.807) is 0 Å². The summed E-state index contributed by atoms with van der Waals surface area (Å²) < 4.78 is 2.09. The van der Waals surface area contributed by atoms with E-state index < -0.39 is 0 Å².